The van der Waals surface area contributed by atoms with E-state index in [9.17, 15) is 4.79 Å². The number of rotatable bonds is 7. The molecule has 0 bridgehead atoms. The number of hydrogen-bond acceptors (Lipinski definition) is 6. The standard InChI is InChI=1S/C20H24ClN3O3/c1-13(10-14(2)25)15-4-6-16(7-5-15)27-17-8-9-24(11-17)20-18(26-3)19(21)22-12-23-20/h4-7,12-13,17H,8-11H2,1-3H3/t13-,17-/m1/s1. The van der Waals surface area contributed by atoms with E-state index < -0.39 is 0 Å². The van der Waals surface area contributed by atoms with E-state index in [1.807, 2.05) is 24.3 Å². The first-order chi connectivity index (χ1) is 13.0. The SMILES string of the molecule is COc1c(Cl)ncnc1N1CC[C@@H](Oc2ccc([C@H](C)CC(C)=O)cc2)C1. The summed E-state index contributed by atoms with van der Waals surface area (Å²) in [7, 11) is 1.56. The van der Waals surface area contributed by atoms with Gasteiger partial charge in [0.05, 0.1) is 13.7 Å². The van der Waals surface area contributed by atoms with Crippen LogP contribution in [0.15, 0.2) is 30.6 Å². The lowest BCUT2D eigenvalue weighted by Gasteiger charge is -2.20. The Morgan fingerprint density at radius 1 is 1.33 bits per heavy atom. The number of benzene rings is 1. The van der Waals surface area contributed by atoms with Crippen LogP contribution in [0.4, 0.5) is 5.82 Å². The lowest BCUT2D eigenvalue weighted by atomic mass is 9.96. The van der Waals surface area contributed by atoms with Crippen LogP contribution in [0.5, 0.6) is 11.5 Å². The smallest absolute Gasteiger partial charge is 0.199 e. The van der Waals surface area contributed by atoms with E-state index in [0.717, 1.165) is 24.3 Å². The molecule has 2 aromatic rings. The molecular formula is C20H24ClN3O3. The third kappa shape index (κ3) is 4.69. The van der Waals surface area contributed by atoms with E-state index in [2.05, 4.69) is 21.8 Å². The van der Waals surface area contributed by atoms with Crippen LogP contribution in [0.1, 0.15) is 38.2 Å². The lowest BCUT2D eigenvalue weighted by molar-refractivity contribution is -0.117. The topological polar surface area (TPSA) is 64.6 Å². The van der Waals surface area contributed by atoms with Gasteiger partial charge in [-0.2, -0.15) is 0 Å². The van der Waals surface area contributed by atoms with Crippen LogP contribution in [0.25, 0.3) is 0 Å². The Balaban J connectivity index is 1.62. The molecule has 1 aliphatic heterocycles. The van der Waals surface area contributed by atoms with Crippen LogP contribution in [0, 0.1) is 0 Å². The van der Waals surface area contributed by atoms with Gasteiger partial charge in [0, 0.05) is 19.4 Å². The molecule has 2 atom stereocenters. The molecule has 1 aliphatic rings. The van der Waals surface area contributed by atoms with E-state index in [1.165, 1.54) is 6.33 Å². The quantitative estimate of drug-likeness (QED) is 0.669. The van der Waals surface area contributed by atoms with E-state index in [-0.39, 0.29) is 17.8 Å². The molecule has 27 heavy (non-hydrogen) atoms. The highest BCUT2D eigenvalue weighted by atomic mass is 35.5. The van der Waals surface area contributed by atoms with Crippen molar-refractivity contribution < 1.29 is 14.3 Å². The fraction of sp³-hybridized carbons (Fsp3) is 0.450. The second-order valence-corrected chi connectivity index (χ2v) is 7.23. The van der Waals surface area contributed by atoms with E-state index in [4.69, 9.17) is 21.1 Å². The number of Topliss-reactive ketones (excluding diaryl/α,β-unsaturated/α-hetero) is 1. The molecule has 144 valence electrons. The first-order valence-corrected chi connectivity index (χ1v) is 9.41. The minimum Gasteiger partial charge on any atom is -0.490 e. The molecule has 1 saturated heterocycles. The largest absolute Gasteiger partial charge is 0.490 e. The molecule has 1 aromatic heterocycles. The van der Waals surface area contributed by atoms with Crippen LogP contribution in [-0.4, -0.2) is 42.1 Å². The van der Waals surface area contributed by atoms with Crippen molar-refractivity contribution in [3.05, 3.63) is 41.3 Å². The molecular weight excluding hydrogens is 366 g/mol. The molecule has 1 fully saturated rings. The number of halogens is 1. The number of methoxy groups -OCH3 is 1. The number of ketones is 1. The number of hydrogen-bond donors (Lipinski definition) is 0. The molecule has 0 unspecified atom stereocenters. The second-order valence-electron chi connectivity index (χ2n) is 6.87. The summed E-state index contributed by atoms with van der Waals surface area (Å²) < 4.78 is 11.5. The summed E-state index contributed by atoms with van der Waals surface area (Å²) in [6.07, 6.45) is 2.94. The molecule has 6 nitrogen and oxygen atoms in total. The van der Waals surface area contributed by atoms with Crippen LogP contribution in [-0.2, 0) is 4.79 Å². The minimum absolute atomic E-state index is 0.0592. The maximum Gasteiger partial charge on any atom is 0.199 e. The maximum atomic E-state index is 11.3. The fourth-order valence-electron chi connectivity index (χ4n) is 3.38. The van der Waals surface area contributed by atoms with Gasteiger partial charge in [-0.25, -0.2) is 9.97 Å². The zero-order valence-corrected chi connectivity index (χ0v) is 16.6. The van der Waals surface area contributed by atoms with Crippen LogP contribution >= 0.6 is 11.6 Å². The van der Waals surface area contributed by atoms with Crippen molar-refractivity contribution in [2.24, 2.45) is 0 Å². The van der Waals surface area contributed by atoms with Gasteiger partial charge in [-0.3, -0.25) is 0 Å². The van der Waals surface area contributed by atoms with Gasteiger partial charge in [-0.15, -0.1) is 0 Å². The van der Waals surface area contributed by atoms with Gasteiger partial charge in [0.15, 0.2) is 16.7 Å². The van der Waals surface area contributed by atoms with Gasteiger partial charge >= 0.3 is 0 Å². The van der Waals surface area contributed by atoms with E-state index in [0.29, 0.717) is 29.7 Å². The average molecular weight is 390 g/mol. The Morgan fingerprint density at radius 2 is 2.07 bits per heavy atom. The fourth-order valence-corrected chi connectivity index (χ4v) is 3.58. The molecule has 3 rings (SSSR count). The maximum absolute atomic E-state index is 11.3. The molecule has 0 saturated carbocycles. The number of nitrogens with zero attached hydrogens (tertiary/aromatic N) is 3. The molecule has 1 aromatic carbocycles. The van der Waals surface area contributed by atoms with Gasteiger partial charge in [0.1, 0.15) is 24.0 Å². The monoisotopic (exact) mass is 389 g/mol. The second kappa shape index (κ2) is 8.57. The molecule has 2 heterocycles. The molecule has 0 N–H and O–H groups in total. The van der Waals surface area contributed by atoms with Gasteiger partial charge < -0.3 is 19.2 Å². The number of carbonyl (C=O) groups excluding carboxylic acids is 1. The predicted octanol–water partition coefficient (Wildman–Crippen LogP) is 3.88. The first kappa shape index (κ1) is 19.4. The zero-order valence-electron chi connectivity index (χ0n) is 15.8. The summed E-state index contributed by atoms with van der Waals surface area (Å²) in [5, 5.41) is 0.308. The highest BCUT2D eigenvalue weighted by Gasteiger charge is 2.28. The molecule has 0 aliphatic carbocycles. The Hall–Kier alpha value is -2.34. The van der Waals surface area contributed by atoms with Crippen molar-refractivity contribution in [1.29, 1.82) is 0 Å². The molecule has 7 heteroatoms. The summed E-state index contributed by atoms with van der Waals surface area (Å²) in [5.41, 5.74) is 1.14. The van der Waals surface area contributed by atoms with E-state index in [1.54, 1.807) is 14.0 Å². The third-order valence-corrected chi connectivity index (χ3v) is 5.00. The Bertz CT molecular complexity index is 798. The average Bonchev–Trinajstić information content (AvgIpc) is 3.10. The van der Waals surface area contributed by atoms with Crippen molar-refractivity contribution in [2.75, 3.05) is 25.1 Å². The van der Waals surface area contributed by atoms with Crippen LogP contribution < -0.4 is 14.4 Å². The summed E-state index contributed by atoms with van der Waals surface area (Å²) in [4.78, 5) is 21.7. The zero-order chi connectivity index (χ0) is 19.4. The molecule has 0 spiro atoms. The van der Waals surface area contributed by atoms with Crippen molar-refractivity contribution >= 4 is 23.2 Å². The Labute approximate surface area is 164 Å². The number of aromatic nitrogens is 2. The minimum atomic E-state index is 0.0592. The van der Waals surface area contributed by atoms with Gasteiger partial charge in [-0.05, 0) is 30.5 Å². The predicted molar refractivity (Wildman–Crippen MR) is 105 cm³/mol. The molecule has 0 amide bonds. The summed E-state index contributed by atoms with van der Waals surface area (Å²) in [6, 6.07) is 8.00. The van der Waals surface area contributed by atoms with Crippen LogP contribution in [0.3, 0.4) is 0 Å². The Morgan fingerprint density at radius 3 is 2.74 bits per heavy atom. The van der Waals surface area contributed by atoms with Crippen molar-refractivity contribution in [1.82, 2.24) is 9.97 Å². The van der Waals surface area contributed by atoms with Gasteiger partial charge in [0.2, 0.25) is 0 Å². The summed E-state index contributed by atoms with van der Waals surface area (Å²) in [6.45, 7) is 5.19. The number of carbonyl (C=O) groups is 1. The normalized spacial score (nSPS) is 17.6. The lowest BCUT2D eigenvalue weighted by Crippen LogP contribution is -2.25. The van der Waals surface area contributed by atoms with Crippen molar-refractivity contribution in [3.63, 3.8) is 0 Å². The van der Waals surface area contributed by atoms with Crippen molar-refractivity contribution in [2.45, 2.75) is 38.7 Å². The Kier molecular flexibility index (Phi) is 6.16. The van der Waals surface area contributed by atoms with Gasteiger partial charge in [-0.1, -0.05) is 30.7 Å². The summed E-state index contributed by atoms with van der Waals surface area (Å²) >= 11 is 6.09. The van der Waals surface area contributed by atoms with Crippen LogP contribution in [0.2, 0.25) is 5.15 Å². The number of ether oxygens (including phenoxy) is 2. The van der Waals surface area contributed by atoms with Gasteiger partial charge in [0.25, 0.3) is 0 Å². The first-order valence-electron chi connectivity index (χ1n) is 9.03. The molecule has 0 radical (unpaired) electrons. The third-order valence-electron chi connectivity index (χ3n) is 4.74. The number of anilines is 1. The van der Waals surface area contributed by atoms with E-state index >= 15 is 0 Å². The highest BCUT2D eigenvalue weighted by Crippen LogP contribution is 2.34. The van der Waals surface area contributed by atoms with Crippen molar-refractivity contribution in [3.8, 4) is 11.5 Å². The highest BCUT2D eigenvalue weighted by molar-refractivity contribution is 6.31. The summed E-state index contributed by atoms with van der Waals surface area (Å²) in [5.74, 6) is 2.43.